The standard InChI is InChI=1S/C17H18N2O4/c1-3-16(23-13-8-5-4-6-9-13)17(20)18-14-10-7-11-15(12(14)2)19(21)22/h4-11,16H,3H2,1-2H3,(H,18,20)/t16-/m0/s1. The SMILES string of the molecule is CC[C@H](Oc1ccccc1)C(=O)Nc1cccc([N+](=O)[O-])c1C. The summed E-state index contributed by atoms with van der Waals surface area (Å²) in [6, 6.07) is 13.6. The minimum absolute atomic E-state index is 0.0279. The summed E-state index contributed by atoms with van der Waals surface area (Å²) in [5, 5.41) is 13.7. The molecular formula is C17H18N2O4. The number of nitrogens with zero attached hydrogens (tertiary/aromatic N) is 1. The highest BCUT2D eigenvalue weighted by Gasteiger charge is 2.21. The first-order valence-corrected chi connectivity index (χ1v) is 7.29. The monoisotopic (exact) mass is 314 g/mol. The topological polar surface area (TPSA) is 81.5 Å². The van der Waals surface area contributed by atoms with E-state index in [2.05, 4.69) is 5.32 Å². The van der Waals surface area contributed by atoms with Crippen LogP contribution in [-0.4, -0.2) is 16.9 Å². The Morgan fingerprint density at radius 2 is 1.91 bits per heavy atom. The number of hydrogen-bond donors (Lipinski definition) is 1. The van der Waals surface area contributed by atoms with Crippen LogP contribution in [-0.2, 0) is 4.79 Å². The quantitative estimate of drug-likeness (QED) is 0.651. The highest BCUT2D eigenvalue weighted by molar-refractivity contribution is 5.95. The first-order valence-electron chi connectivity index (χ1n) is 7.29. The summed E-state index contributed by atoms with van der Waals surface area (Å²) >= 11 is 0. The maximum Gasteiger partial charge on any atom is 0.274 e. The van der Waals surface area contributed by atoms with Crippen LogP contribution in [0.4, 0.5) is 11.4 Å². The molecule has 0 saturated carbocycles. The number of nitro benzene ring substituents is 1. The molecule has 2 aromatic carbocycles. The van der Waals surface area contributed by atoms with Gasteiger partial charge in [-0.15, -0.1) is 0 Å². The Balaban J connectivity index is 2.14. The van der Waals surface area contributed by atoms with Gasteiger partial charge in [0.25, 0.3) is 11.6 Å². The van der Waals surface area contributed by atoms with Gasteiger partial charge in [-0.2, -0.15) is 0 Å². The second kappa shape index (κ2) is 7.40. The lowest BCUT2D eigenvalue weighted by molar-refractivity contribution is -0.385. The maximum atomic E-state index is 12.4. The Bertz CT molecular complexity index is 701. The van der Waals surface area contributed by atoms with Gasteiger partial charge in [-0.05, 0) is 31.5 Å². The first-order chi connectivity index (χ1) is 11.0. The van der Waals surface area contributed by atoms with Crippen LogP contribution in [0.3, 0.4) is 0 Å². The highest BCUT2D eigenvalue weighted by Crippen LogP contribution is 2.25. The van der Waals surface area contributed by atoms with Crippen LogP contribution in [0.15, 0.2) is 48.5 Å². The van der Waals surface area contributed by atoms with Crippen LogP contribution in [0.25, 0.3) is 0 Å². The van der Waals surface area contributed by atoms with Crippen molar-refractivity contribution in [1.82, 2.24) is 0 Å². The lowest BCUT2D eigenvalue weighted by atomic mass is 10.1. The number of carbonyl (C=O) groups excluding carboxylic acids is 1. The minimum atomic E-state index is -0.670. The fraction of sp³-hybridized carbons (Fsp3) is 0.235. The fourth-order valence-electron chi connectivity index (χ4n) is 2.16. The van der Waals surface area contributed by atoms with E-state index in [1.165, 1.54) is 6.07 Å². The van der Waals surface area contributed by atoms with Crippen molar-refractivity contribution in [3.63, 3.8) is 0 Å². The number of nitrogens with one attached hydrogen (secondary N) is 1. The molecule has 2 rings (SSSR count). The zero-order valence-corrected chi connectivity index (χ0v) is 13.0. The molecular weight excluding hydrogens is 296 g/mol. The number of ether oxygens (including phenoxy) is 1. The van der Waals surface area contributed by atoms with Crippen molar-refractivity contribution < 1.29 is 14.5 Å². The molecule has 6 heteroatoms. The molecule has 1 N–H and O–H groups in total. The zero-order valence-electron chi connectivity index (χ0n) is 13.0. The smallest absolute Gasteiger partial charge is 0.274 e. The number of amides is 1. The number of carbonyl (C=O) groups is 1. The normalized spacial score (nSPS) is 11.6. The molecule has 0 radical (unpaired) electrons. The van der Waals surface area contributed by atoms with Crippen LogP contribution < -0.4 is 10.1 Å². The number of rotatable bonds is 6. The van der Waals surface area contributed by atoms with Crippen molar-refractivity contribution in [2.75, 3.05) is 5.32 Å². The minimum Gasteiger partial charge on any atom is -0.481 e. The summed E-state index contributed by atoms with van der Waals surface area (Å²) in [5.74, 6) is 0.269. The van der Waals surface area contributed by atoms with E-state index in [9.17, 15) is 14.9 Å². The van der Waals surface area contributed by atoms with E-state index in [0.717, 1.165) is 0 Å². The molecule has 0 aliphatic heterocycles. The Labute approximate surface area is 134 Å². The number of hydrogen-bond acceptors (Lipinski definition) is 4. The molecule has 0 bridgehead atoms. The molecule has 0 saturated heterocycles. The first kappa shape index (κ1) is 16.5. The molecule has 2 aromatic rings. The Morgan fingerprint density at radius 1 is 1.22 bits per heavy atom. The third kappa shape index (κ3) is 4.06. The van der Waals surface area contributed by atoms with Gasteiger partial charge in [0.15, 0.2) is 6.10 Å². The Kier molecular flexibility index (Phi) is 5.30. The lowest BCUT2D eigenvalue weighted by Crippen LogP contribution is -2.32. The van der Waals surface area contributed by atoms with Crippen LogP contribution >= 0.6 is 0 Å². The average molecular weight is 314 g/mol. The molecule has 1 amide bonds. The predicted molar refractivity (Wildman–Crippen MR) is 87.6 cm³/mol. The van der Waals surface area contributed by atoms with E-state index in [1.54, 1.807) is 31.2 Å². The van der Waals surface area contributed by atoms with Gasteiger partial charge in [0.2, 0.25) is 0 Å². The van der Waals surface area contributed by atoms with Crippen LogP contribution in [0.1, 0.15) is 18.9 Å². The third-order valence-electron chi connectivity index (χ3n) is 3.44. The van der Waals surface area contributed by atoms with Gasteiger partial charge in [0.1, 0.15) is 5.75 Å². The number of nitro groups is 1. The molecule has 0 aliphatic rings. The summed E-state index contributed by atoms with van der Waals surface area (Å²) in [5.41, 5.74) is 0.805. The van der Waals surface area contributed by atoms with Gasteiger partial charge in [-0.25, -0.2) is 0 Å². The molecule has 1 atom stereocenters. The van der Waals surface area contributed by atoms with Crippen molar-refractivity contribution in [2.45, 2.75) is 26.4 Å². The molecule has 0 spiro atoms. The van der Waals surface area contributed by atoms with Gasteiger partial charge in [-0.1, -0.05) is 31.2 Å². The number of anilines is 1. The van der Waals surface area contributed by atoms with E-state index in [0.29, 0.717) is 23.4 Å². The molecule has 23 heavy (non-hydrogen) atoms. The Morgan fingerprint density at radius 3 is 2.52 bits per heavy atom. The van der Waals surface area contributed by atoms with E-state index < -0.39 is 11.0 Å². The van der Waals surface area contributed by atoms with Crippen molar-refractivity contribution >= 4 is 17.3 Å². The fourth-order valence-corrected chi connectivity index (χ4v) is 2.16. The third-order valence-corrected chi connectivity index (χ3v) is 3.44. The lowest BCUT2D eigenvalue weighted by Gasteiger charge is -2.18. The Hall–Kier alpha value is -2.89. The maximum absolute atomic E-state index is 12.4. The summed E-state index contributed by atoms with van der Waals surface area (Å²) in [6.45, 7) is 3.44. The largest absolute Gasteiger partial charge is 0.481 e. The summed E-state index contributed by atoms with van der Waals surface area (Å²) in [7, 11) is 0. The van der Waals surface area contributed by atoms with Gasteiger partial charge < -0.3 is 10.1 Å². The number of para-hydroxylation sites is 1. The molecule has 120 valence electrons. The molecule has 0 unspecified atom stereocenters. The van der Waals surface area contributed by atoms with Crippen LogP contribution in [0, 0.1) is 17.0 Å². The average Bonchev–Trinajstić information content (AvgIpc) is 2.55. The summed E-state index contributed by atoms with van der Waals surface area (Å²) < 4.78 is 5.67. The van der Waals surface area contributed by atoms with Crippen molar-refractivity contribution in [2.24, 2.45) is 0 Å². The summed E-state index contributed by atoms with van der Waals surface area (Å²) in [6.07, 6.45) is -0.189. The van der Waals surface area contributed by atoms with Crippen molar-refractivity contribution in [1.29, 1.82) is 0 Å². The van der Waals surface area contributed by atoms with Gasteiger partial charge in [0.05, 0.1) is 16.2 Å². The highest BCUT2D eigenvalue weighted by atomic mass is 16.6. The second-order valence-corrected chi connectivity index (χ2v) is 5.02. The molecule has 6 nitrogen and oxygen atoms in total. The van der Waals surface area contributed by atoms with Gasteiger partial charge in [-0.3, -0.25) is 14.9 Å². The van der Waals surface area contributed by atoms with Gasteiger partial charge in [0, 0.05) is 6.07 Å². The van der Waals surface area contributed by atoms with E-state index in [4.69, 9.17) is 4.74 Å². The van der Waals surface area contributed by atoms with Crippen molar-refractivity contribution in [3.8, 4) is 5.75 Å². The van der Waals surface area contributed by atoms with Crippen molar-refractivity contribution in [3.05, 3.63) is 64.2 Å². The molecule has 0 fully saturated rings. The molecule has 0 heterocycles. The van der Waals surface area contributed by atoms with Gasteiger partial charge >= 0.3 is 0 Å². The van der Waals surface area contributed by atoms with E-state index in [-0.39, 0.29) is 11.6 Å². The summed E-state index contributed by atoms with van der Waals surface area (Å²) in [4.78, 5) is 22.9. The zero-order chi connectivity index (χ0) is 16.8. The second-order valence-electron chi connectivity index (χ2n) is 5.02. The van der Waals surface area contributed by atoms with E-state index >= 15 is 0 Å². The van der Waals surface area contributed by atoms with Crippen LogP contribution in [0.5, 0.6) is 5.75 Å². The van der Waals surface area contributed by atoms with E-state index in [1.807, 2.05) is 25.1 Å². The predicted octanol–water partition coefficient (Wildman–Crippen LogP) is 3.70. The van der Waals surface area contributed by atoms with Crippen LogP contribution in [0.2, 0.25) is 0 Å². The number of benzene rings is 2. The molecule has 0 aromatic heterocycles. The molecule has 0 aliphatic carbocycles.